The van der Waals surface area contributed by atoms with Crippen molar-refractivity contribution in [2.24, 2.45) is 0 Å². The summed E-state index contributed by atoms with van der Waals surface area (Å²) in [6.45, 7) is 0.198. The third-order valence-corrected chi connectivity index (χ3v) is 6.83. The number of carboxylic acid groups (broad SMARTS) is 1. The Labute approximate surface area is 135 Å². The molecule has 21 heavy (non-hydrogen) atoms. The van der Waals surface area contributed by atoms with Gasteiger partial charge in [-0.25, -0.2) is 13.2 Å². The minimum absolute atomic E-state index is 0.0205. The molecular weight excluding hydrogens is 378 g/mol. The summed E-state index contributed by atoms with van der Waals surface area (Å²) in [6.07, 6.45) is 0. The van der Waals surface area contributed by atoms with Crippen LogP contribution in [0.15, 0.2) is 44.4 Å². The molecule has 0 atom stereocenters. The Morgan fingerprint density at radius 3 is 2.62 bits per heavy atom. The van der Waals surface area contributed by atoms with Gasteiger partial charge in [0.15, 0.2) is 0 Å². The van der Waals surface area contributed by atoms with E-state index in [-0.39, 0.29) is 16.3 Å². The van der Waals surface area contributed by atoms with Gasteiger partial charge in [-0.2, -0.15) is 4.31 Å². The van der Waals surface area contributed by atoms with Gasteiger partial charge in [0.05, 0.1) is 5.56 Å². The molecule has 0 spiro atoms. The third kappa shape index (κ3) is 3.52. The second-order valence-corrected chi connectivity index (χ2v) is 8.35. The molecule has 8 heteroatoms. The van der Waals surface area contributed by atoms with Gasteiger partial charge in [0, 0.05) is 23.4 Å². The lowest BCUT2D eigenvalue weighted by atomic mass is 10.2. The zero-order valence-corrected chi connectivity index (χ0v) is 14.2. The molecule has 0 aliphatic heterocycles. The van der Waals surface area contributed by atoms with E-state index in [0.29, 0.717) is 0 Å². The number of thiophene rings is 1. The average Bonchev–Trinajstić information content (AvgIpc) is 2.91. The van der Waals surface area contributed by atoms with Gasteiger partial charge >= 0.3 is 5.97 Å². The Morgan fingerprint density at radius 2 is 2.05 bits per heavy atom. The molecule has 0 saturated carbocycles. The lowest BCUT2D eigenvalue weighted by Crippen LogP contribution is -2.26. The highest BCUT2D eigenvalue weighted by molar-refractivity contribution is 9.10. The van der Waals surface area contributed by atoms with Crippen molar-refractivity contribution in [3.63, 3.8) is 0 Å². The van der Waals surface area contributed by atoms with Gasteiger partial charge in [-0.05, 0) is 17.7 Å². The molecule has 2 rings (SSSR count). The topological polar surface area (TPSA) is 74.7 Å². The molecule has 112 valence electrons. The Kier molecular flexibility index (Phi) is 4.82. The lowest BCUT2D eigenvalue weighted by Gasteiger charge is -2.16. The standard InChI is InChI=1S/C13H12BrNO4S2/c1-15(7-9-4-2-3-5-11(9)14)21(18,19)12-6-10(8-20-12)13(16)17/h2-6,8H,7H2,1H3,(H,16,17). The van der Waals surface area contributed by atoms with Gasteiger partial charge in [-0.15, -0.1) is 11.3 Å². The first kappa shape index (κ1) is 16.2. The van der Waals surface area contributed by atoms with Crippen molar-refractivity contribution in [3.05, 3.63) is 51.3 Å². The molecule has 1 N–H and O–H groups in total. The number of rotatable bonds is 5. The first-order valence-electron chi connectivity index (χ1n) is 5.84. The van der Waals surface area contributed by atoms with Crippen LogP contribution in [0, 0.1) is 0 Å². The number of halogens is 1. The highest BCUT2D eigenvalue weighted by Gasteiger charge is 2.24. The quantitative estimate of drug-likeness (QED) is 0.852. The maximum absolute atomic E-state index is 12.4. The van der Waals surface area contributed by atoms with Crippen LogP contribution >= 0.6 is 27.3 Å². The van der Waals surface area contributed by atoms with Crippen molar-refractivity contribution in [2.75, 3.05) is 7.05 Å². The van der Waals surface area contributed by atoms with Crippen LogP contribution in [0.1, 0.15) is 15.9 Å². The monoisotopic (exact) mass is 389 g/mol. The molecule has 0 radical (unpaired) electrons. The third-order valence-electron chi connectivity index (χ3n) is 2.84. The number of benzene rings is 1. The van der Waals surface area contributed by atoms with Crippen LogP contribution in [-0.4, -0.2) is 30.8 Å². The first-order valence-corrected chi connectivity index (χ1v) is 8.95. The van der Waals surface area contributed by atoms with Crippen LogP contribution in [0.5, 0.6) is 0 Å². The summed E-state index contributed by atoms with van der Waals surface area (Å²) in [5, 5.41) is 10.2. The van der Waals surface area contributed by atoms with E-state index in [9.17, 15) is 13.2 Å². The summed E-state index contributed by atoms with van der Waals surface area (Å²) in [5.74, 6) is -1.14. The molecule has 0 fully saturated rings. The van der Waals surface area contributed by atoms with Crippen LogP contribution in [-0.2, 0) is 16.6 Å². The molecular formula is C13H12BrNO4S2. The number of sulfonamides is 1. The molecule has 0 bridgehead atoms. The summed E-state index contributed by atoms with van der Waals surface area (Å²) in [6, 6.07) is 8.52. The van der Waals surface area contributed by atoms with Crippen molar-refractivity contribution in [1.82, 2.24) is 4.31 Å². The zero-order chi connectivity index (χ0) is 15.6. The van der Waals surface area contributed by atoms with Crippen molar-refractivity contribution in [3.8, 4) is 0 Å². The number of nitrogens with zero attached hydrogens (tertiary/aromatic N) is 1. The van der Waals surface area contributed by atoms with Crippen molar-refractivity contribution < 1.29 is 18.3 Å². The SMILES string of the molecule is CN(Cc1ccccc1Br)S(=O)(=O)c1cc(C(=O)O)cs1. The Balaban J connectivity index is 2.26. The lowest BCUT2D eigenvalue weighted by molar-refractivity contribution is 0.0697. The van der Waals surface area contributed by atoms with E-state index < -0.39 is 16.0 Å². The molecule has 1 heterocycles. The summed E-state index contributed by atoms with van der Waals surface area (Å²) >= 11 is 4.28. The van der Waals surface area contributed by atoms with E-state index >= 15 is 0 Å². The van der Waals surface area contributed by atoms with E-state index in [1.807, 2.05) is 24.3 Å². The number of carbonyl (C=O) groups is 1. The summed E-state index contributed by atoms with van der Waals surface area (Å²) < 4.78 is 26.9. The van der Waals surface area contributed by atoms with Gasteiger partial charge in [-0.3, -0.25) is 0 Å². The van der Waals surface area contributed by atoms with E-state index in [0.717, 1.165) is 21.4 Å². The second kappa shape index (κ2) is 6.27. The number of aromatic carboxylic acids is 1. The van der Waals surface area contributed by atoms with Crippen LogP contribution in [0.25, 0.3) is 0 Å². The van der Waals surface area contributed by atoms with Crippen molar-refractivity contribution >= 4 is 43.3 Å². The molecule has 0 amide bonds. The van der Waals surface area contributed by atoms with Crippen LogP contribution in [0.3, 0.4) is 0 Å². The number of hydrogen-bond donors (Lipinski definition) is 1. The highest BCUT2D eigenvalue weighted by Crippen LogP contribution is 2.25. The fraction of sp³-hybridized carbons (Fsp3) is 0.154. The fourth-order valence-corrected chi connectivity index (χ4v) is 4.59. The highest BCUT2D eigenvalue weighted by atomic mass is 79.9. The fourth-order valence-electron chi connectivity index (χ4n) is 1.67. The van der Waals surface area contributed by atoms with Crippen LogP contribution < -0.4 is 0 Å². The van der Waals surface area contributed by atoms with Crippen molar-refractivity contribution in [2.45, 2.75) is 10.8 Å². The van der Waals surface area contributed by atoms with Crippen LogP contribution in [0.2, 0.25) is 0 Å². The molecule has 0 aliphatic carbocycles. The first-order chi connectivity index (χ1) is 9.82. The van der Waals surface area contributed by atoms with Crippen molar-refractivity contribution in [1.29, 1.82) is 0 Å². The molecule has 0 unspecified atom stereocenters. The predicted molar refractivity (Wildman–Crippen MR) is 84.1 cm³/mol. The predicted octanol–water partition coefficient (Wildman–Crippen LogP) is 3.03. The zero-order valence-electron chi connectivity index (χ0n) is 11.0. The largest absolute Gasteiger partial charge is 0.478 e. The molecule has 2 aromatic rings. The van der Waals surface area contributed by atoms with E-state index in [2.05, 4.69) is 15.9 Å². The van der Waals surface area contributed by atoms with E-state index in [4.69, 9.17) is 5.11 Å². The van der Waals surface area contributed by atoms with E-state index in [1.165, 1.54) is 22.8 Å². The minimum atomic E-state index is -3.70. The Bertz CT molecular complexity index is 770. The van der Waals surface area contributed by atoms with Gasteiger partial charge in [0.25, 0.3) is 10.0 Å². The normalized spacial score (nSPS) is 11.8. The van der Waals surface area contributed by atoms with E-state index in [1.54, 1.807) is 0 Å². The van der Waals surface area contributed by atoms with Gasteiger partial charge in [-0.1, -0.05) is 34.1 Å². The van der Waals surface area contributed by atoms with Gasteiger partial charge in [0.2, 0.25) is 0 Å². The number of hydrogen-bond acceptors (Lipinski definition) is 4. The summed E-state index contributed by atoms with van der Waals surface area (Å²) in [5.41, 5.74) is 0.812. The molecule has 1 aromatic heterocycles. The molecule has 5 nitrogen and oxygen atoms in total. The van der Waals surface area contributed by atoms with Crippen LogP contribution in [0.4, 0.5) is 0 Å². The molecule has 0 aliphatic rings. The maximum Gasteiger partial charge on any atom is 0.336 e. The van der Waals surface area contributed by atoms with Gasteiger partial charge < -0.3 is 5.11 Å². The number of carboxylic acids is 1. The molecule has 1 aromatic carbocycles. The molecule has 0 saturated heterocycles. The Morgan fingerprint density at radius 1 is 1.38 bits per heavy atom. The second-order valence-electron chi connectivity index (χ2n) is 4.31. The average molecular weight is 390 g/mol. The maximum atomic E-state index is 12.4. The summed E-state index contributed by atoms with van der Waals surface area (Å²) in [7, 11) is -2.23. The Hall–Kier alpha value is -1.22. The smallest absolute Gasteiger partial charge is 0.336 e. The summed E-state index contributed by atoms with van der Waals surface area (Å²) in [4.78, 5) is 10.8. The van der Waals surface area contributed by atoms with Gasteiger partial charge in [0.1, 0.15) is 4.21 Å². The minimum Gasteiger partial charge on any atom is -0.478 e.